The summed E-state index contributed by atoms with van der Waals surface area (Å²) < 4.78 is 73.6. The maximum absolute atomic E-state index is 14.8. The van der Waals surface area contributed by atoms with Crippen LogP contribution in [-0.2, 0) is 26.2 Å². The van der Waals surface area contributed by atoms with Gasteiger partial charge in [-0.3, -0.25) is 14.5 Å². The highest BCUT2D eigenvalue weighted by atomic mass is 19.2. The molecule has 16 heteroatoms. The number of halogens is 4. The first-order valence-electron chi connectivity index (χ1n) is 19.2. The zero-order valence-electron chi connectivity index (χ0n) is 31.5. The minimum absolute atomic E-state index is 0.0422. The number of anilines is 2. The van der Waals surface area contributed by atoms with Crippen molar-refractivity contribution in [1.82, 2.24) is 25.4 Å². The predicted molar refractivity (Wildman–Crippen MR) is 200 cm³/mol. The van der Waals surface area contributed by atoms with Crippen LogP contribution in [0.5, 0.6) is 5.75 Å². The molecule has 3 aliphatic heterocycles. The molecule has 12 nitrogen and oxygen atoms in total. The van der Waals surface area contributed by atoms with Crippen molar-refractivity contribution in [3.63, 3.8) is 0 Å². The third-order valence-electron chi connectivity index (χ3n) is 11.5. The van der Waals surface area contributed by atoms with Gasteiger partial charge in [-0.2, -0.15) is 0 Å². The minimum atomic E-state index is -1.58. The Bertz CT molecular complexity index is 2150. The normalized spacial score (nSPS) is 19.7. The van der Waals surface area contributed by atoms with E-state index in [0.717, 1.165) is 42.2 Å². The molecule has 1 N–H and O–H groups in total. The number of piperidine rings is 1. The van der Waals surface area contributed by atoms with E-state index in [0.29, 0.717) is 76.7 Å². The van der Waals surface area contributed by atoms with Gasteiger partial charge in [0.1, 0.15) is 35.7 Å². The van der Waals surface area contributed by atoms with Gasteiger partial charge in [0, 0.05) is 64.6 Å². The number of carbonyl (C=O) groups excluding carboxylic acids is 2. The molecule has 2 amide bonds. The van der Waals surface area contributed by atoms with E-state index >= 15 is 0 Å². The number of morpholine rings is 1. The summed E-state index contributed by atoms with van der Waals surface area (Å²) in [5.74, 6) is -3.78. The maximum atomic E-state index is 14.8. The van der Waals surface area contributed by atoms with Crippen molar-refractivity contribution in [2.24, 2.45) is 0 Å². The molecular formula is C41H43F4N7O5. The lowest BCUT2D eigenvalue weighted by Gasteiger charge is -2.41. The Kier molecular flexibility index (Phi) is 11.0. The van der Waals surface area contributed by atoms with E-state index in [-0.39, 0.29) is 59.2 Å². The van der Waals surface area contributed by atoms with Crippen LogP contribution in [0.15, 0.2) is 59.2 Å². The number of pyridine rings is 1. The Morgan fingerprint density at radius 1 is 0.982 bits per heavy atom. The smallest absolute Gasteiger partial charge is 0.250 e. The molecule has 0 saturated carbocycles. The molecule has 4 aliphatic rings. The molecule has 2 saturated heterocycles. The highest BCUT2D eigenvalue weighted by Crippen LogP contribution is 2.53. The minimum Gasteiger partial charge on any atom is -0.489 e. The van der Waals surface area contributed by atoms with E-state index in [9.17, 15) is 27.2 Å². The molecule has 2 aromatic carbocycles. The summed E-state index contributed by atoms with van der Waals surface area (Å²) in [7, 11) is 0. The van der Waals surface area contributed by atoms with Gasteiger partial charge in [0.2, 0.25) is 17.7 Å². The van der Waals surface area contributed by atoms with Gasteiger partial charge in [-0.1, -0.05) is 12.1 Å². The molecule has 1 aliphatic carbocycles. The fourth-order valence-corrected chi connectivity index (χ4v) is 8.63. The standard InChI is InChI=1S/C41H43F4N7O5/c1-25-48-49-40(57-25)33(19-26-17-31(43)39(45)32(44)18-26)47-37(53)20-27-23-41(30-21-28(42)4-5-29(27)30)6-9-51(10-7-41)36-22-35-34(24-46-36)52(13-16-56-35)38(54)3-2-8-50-11-14-55-15-12-50/h2-5,17-18,21-22,24,27,33H,6-16,19-20,23H2,1H3,(H,47,53)/b3-2+/t27-,33-/m1/s1. The number of rotatable bonds is 10. The fraction of sp³-hybridized carbons (Fsp3) is 0.439. The van der Waals surface area contributed by atoms with E-state index in [1.54, 1.807) is 36.2 Å². The summed E-state index contributed by atoms with van der Waals surface area (Å²) >= 11 is 0. The van der Waals surface area contributed by atoms with E-state index < -0.39 is 23.5 Å². The van der Waals surface area contributed by atoms with Crippen molar-refractivity contribution in [1.29, 1.82) is 0 Å². The van der Waals surface area contributed by atoms with Crippen LogP contribution in [-0.4, -0.2) is 91.0 Å². The molecule has 57 heavy (non-hydrogen) atoms. The number of nitrogens with one attached hydrogen (secondary N) is 1. The zero-order chi connectivity index (χ0) is 39.7. The molecule has 2 fully saturated rings. The second-order valence-corrected chi connectivity index (χ2v) is 15.1. The molecule has 2 atom stereocenters. The van der Waals surface area contributed by atoms with Gasteiger partial charge in [-0.15, -0.1) is 10.2 Å². The summed E-state index contributed by atoms with van der Waals surface area (Å²) in [6.45, 7) is 7.34. The maximum Gasteiger partial charge on any atom is 0.250 e. The number of ether oxygens (including phenoxy) is 2. The molecule has 1 spiro atoms. The van der Waals surface area contributed by atoms with Gasteiger partial charge in [-0.25, -0.2) is 22.5 Å². The SMILES string of the molecule is Cc1nnc([C@@H](Cc2cc(F)c(F)c(F)c2)NC(=O)C[C@@H]2CC3(CCN(c4cc5c(cn4)N(C(=O)/C=C/CN4CCOCC4)CCO5)CC3)c3cc(F)ccc32)o1. The van der Waals surface area contributed by atoms with Crippen molar-refractivity contribution in [3.8, 4) is 5.75 Å². The van der Waals surface area contributed by atoms with Crippen LogP contribution in [0.1, 0.15) is 66.1 Å². The van der Waals surface area contributed by atoms with E-state index in [4.69, 9.17) is 18.9 Å². The fourth-order valence-electron chi connectivity index (χ4n) is 8.63. The number of nitrogens with zero attached hydrogens (tertiary/aromatic N) is 6. The average Bonchev–Trinajstić information content (AvgIpc) is 3.77. The Hall–Kier alpha value is -5.35. The van der Waals surface area contributed by atoms with Crippen molar-refractivity contribution in [2.75, 3.05) is 68.9 Å². The van der Waals surface area contributed by atoms with E-state index in [2.05, 4.69) is 25.3 Å². The van der Waals surface area contributed by atoms with Gasteiger partial charge in [0.05, 0.1) is 26.0 Å². The highest BCUT2D eigenvalue weighted by molar-refractivity contribution is 6.02. The molecule has 4 aromatic rings. The van der Waals surface area contributed by atoms with E-state index in [1.165, 1.54) is 6.07 Å². The number of carbonyl (C=O) groups is 2. The summed E-state index contributed by atoms with van der Waals surface area (Å²) in [4.78, 5) is 37.7. The first kappa shape index (κ1) is 38.5. The number of hydrogen-bond acceptors (Lipinski definition) is 10. The number of amides is 2. The van der Waals surface area contributed by atoms with Crippen LogP contribution in [0.4, 0.5) is 29.1 Å². The van der Waals surface area contributed by atoms with E-state index in [1.807, 2.05) is 12.1 Å². The first-order chi connectivity index (χ1) is 27.5. The summed E-state index contributed by atoms with van der Waals surface area (Å²) in [6, 6.07) is 7.41. The summed E-state index contributed by atoms with van der Waals surface area (Å²) in [5.41, 5.74) is 2.12. The van der Waals surface area contributed by atoms with Crippen molar-refractivity contribution < 1.29 is 41.0 Å². The van der Waals surface area contributed by atoms with Crippen LogP contribution in [0.25, 0.3) is 0 Å². The molecular weight excluding hydrogens is 746 g/mol. The topological polar surface area (TPSA) is 126 Å². The van der Waals surface area contributed by atoms with Crippen molar-refractivity contribution >= 4 is 23.3 Å². The number of aryl methyl sites for hydroxylation is 1. The van der Waals surface area contributed by atoms with Crippen molar-refractivity contribution in [2.45, 2.75) is 56.4 Å². The highest BCUT2D eigenvalue weighted by Gasteiger charge is 2.46. The average molecular weight is 790 g/mol. The lowest BCUT2D eigenvalue weighted by molar-refractivity contribution is -0.122. The third-order valence-corrected chi connectivity index (χ3v) is 11.5. The molecule has 0 unspecified atom stereocenters. The number of aromatic nitrogens is 3. The molecule has 0 radical (unpaired) electrons. The van der Waals surface area contributed by atoms with Gasteiger partial charge < -0.3 is 29.0 Å². The predicted octanol–water partition coefficient (Wildman–Crippen LogP) is 5.46. The molecule has 300 valence electrons. The number of benzene rings is 2. The Morgan fingerprint density at radius 2 is 1.75 bits per heavy atom. The Labute approximate surface area is 326 Å². The number of fused-ring (bicyclic) bond motifs is 3. The largest absolute Gasteiger partial charge is 0.489 e. The summed E-state index contributed by atoms with van der Waals surface area (Å²) in [6.07, 6.45) is 7.08. The molecule has 0 bridgehead atoms. The van der Waals surface area contributed by atoms with Gasteiger partial charge in [0.25, 0.3) is 5.91 Å². The zero-order valence-corrected chi connectivity index (χ0v) is 31.5. The van der Waals surface area contributed by atoms with Crippen LogP contribution < -0.4 is 19.9 Å². The van der Waals surface area contributed by atoms with Gasteiger partial charge in [-0.05, 0) is 71.6 Å². The first-order valence-corrected chi connectivity index (χ1v) is 19.2. The monoisotopic (exact) mass is 789 g/mol. The van der Waals surface area contributed by atoms with Crippen LogP contribution >= 0.6 is 0 Å². The van der Waals surface area contributed by atoms with Gasteiger partial charge in [0.15, 0.2) is 17.5 Å². The molecule has 5 heterocycles. The van der Waals surface area contributed by atoms with Crippen LogP contribution in [0, 0.1) is 30.2 Å². The van der Waals surface area contributed by atoms with Crippen molar-refractivity contribution in [3.05, 3.63) is 106 Å². The van der Waals surface area contributed by atoms with Crippen LogP contribution in [0.2, 0.25) is 0 Å². The third kappa shape index (κ3) is 8.24. The number of hydrogen-bond donors (Lipinski definition) is 1. The second-order valence-electron chi connectivity index (χ2n) is 15.1. The molecule has 8 rings (SSSR count). The second kappa shape index (κ2) is 16.3. The summed E-state index contributed by atoms with van der Waals surface area (Å²) in [5, 5.41) is 10.7. The Balaban J connectivity index is 0.933. The lowest BCUT2D eigenvalue weighted by atomic mass is 9.73. The molecule has 2 aromatic heterocycles. The van der Waals surface area contributed by atoms with Gasteiger partial charge >= 0.3 is 0 Å². The Morgan fingerprint density at radius 3 is 2.49 bits per heavy atom. The van der Waals surface area contributed by atoms with Crippen LogP contribution in [0.3, 0.4) is 0 Å². The lowest BCUT2D eigenvalue weighted by Crippen LogP contribution is -2.42. The quantitative estimate of drug-likeness (QED) is 0.126.